The lowest BCUT2D eigenvalue weighted by Gasteiger charge is -2.38. The molecule has 0 saturated carbocycles. The van der Waals surface area contributed by atoms with Crippen LogP contribution < -0.4 is 4.74 Å². The Hall–Kier alpha value is -2.60. The van der Waals surface area contributed by atoms with Crippen LogP contribution in [-0.2, 0) is 4.74 Å². The number of ether oxygens (including phenoxy) is 2. The Morgan fingerprint density at radius 1 is 1.17 bits per heavy atom. The predicted molar refractivity (Wildman–Crippen MR) is 87.3 cm³/mol. The molecule has 0 N–H and O–H groups in total. The van der Waals surface area contributed by atoms with Gasteiger partial charge in [0.1, 0.15) is 11.1 Å². The van der Waals surface area contributed by atoms with Crippen LogP contribution in [0.25, 0.3) is 0 Å². The summed E-state index contributed by atoms with van der Waals surface area (Å²) < 4.78 is 10.3. The summed E-state index contributed by atoms with van der Waals surface area (Å²) in [5.41, 5.74) is 0.917. The number of nitrogens with zero attached hydrogens (tertiary/aromatic N) is 2. The lowest BCUT2D eigenvalue weighted by atomic mass is 10.1. The van der Waals surface area contributed by atoms with E-state index in [0.717, 1.165) is 0 Å². The third kappa shape index (κ3) is 3.33. The molecular weight excluding hydrogens is 332 g/mol. The first-order chi connectivity index (χ1) is 11.6. The number of pyridine rings is 1. The fraction of sp³-hybridized carbons (Fsp3) is 0.235. The van der Waals surface area contributed by atoms with Crippen molar-refractivity contribution >= 4 is 23.5 Å². The topological polar surface area (TPSA) is 68.7 Å². The van der Waals surface area contributed by atoms with Gasteiger partial charge in [0.05, 0.1) is 25.8 Å². The molecule has 1 fully saturated rings. The molecule has 24 heavy (non-hydrogen) atoms. The first kappa shape index (κ1) is 16.3. The van der Waals surface area contributed by atoms with Gasteiger partial charge in [0.15, 0.2) is 0 Å². The minimum atomic E-state index is -0.432. The number of aromatic nitrogens is 1. The molecule has 0 bridgehead atoms. The summed E-state index contributed by atoms with van der Waals surface area (Å²) in [7, 11) is 1.31. The zero-order chi connectivity index (χ0) is 17.1. The maximum Gasteiger partial charge on any atom is 0.337 e. The highest BCUT2D eigenvalue weighted by Crippen LogP contribution is 2.24. The maximum absolute atomic E-state index is 12.4. The number of esters is 1. The van der Waals surface area contributed by atoms with Crippen LogP contribution >= 0.6 is 11.6 Å². The Bertz CT molecular complexity index is 757. The van der Waals surface area contributed by atoms with Crippen LogP contribution in [0.4, 0.5) is 0 Å². The number of halogens is 1. The van der Waals surface area contributed by atoms with Crippen molar-refractivity contribution in [3.8, 4) is 5.88 Å². The lowest BCUT2D eigenvalue weighted by Crippen LogP contribution is -2.56. The van der Waals surface area contributed by atoms with Crippen LogP contribution in [-0.4, -0.2) is 48.1 Å². The molecule has 7 heteroatoms. The Kier molecular flexibility index (Phi) is 4.66. The van der Waals surface area contributed by atoms with Crippen LogP contribution in [0.1, 0.15) is 20.7 Å². The number of hydrogen-bond acceptors (Lipinski definition) is 5. The van der Waals surface area contributed by atoms with Crippen LogP contribution in [0.2, 0.25) is 5.02 Å². The molecule has 0 unspecified atom stereocenters. The molecule has 2 heterocycles. The molecular formula is C17H15ClN2O4. The van der Waals surface area contributed by atoms with E-state index in [1.165, 1.54) is 7.11 Å². The standard InChI is InChI=1S/C17H15ClN2O4/c1-23-17(22)12-6-4-11(5-7-12)16(21)20-9-13(10-20)24-15-14(18)3-2-8-19-15/h2-8,13H,9-10H2,1H3. The fourth-order valence-electron chi connectivity index (χ4n) is 2.34. The van der Waals surface area contributed by atoms with Crippen molar-refractivity contribution in [2.24, 2.45) is 0 Å². The van der Waals surface area contributed by atoms with Crippen molar-refractivity contribution < 1.29 is 19.1 Å². The molecule has 0 radical (unpaired) electrons. The smallest absolute Gasteiger partial charge is 0.337 e. The van der Waals surface area contributed by atoms with Gasteiger partial charge in [-0.05, 0) is 36.4 Å². The highest BCUT2D eigenvalue weighted by molar-refractivity contribution is 6.31. The molecule has 6 nitrogen and oxygen atoms in total. The van der Waals surface area contributed by atoms with Crippen molar-refractivity contribution in [3.05, 3.63) is 58.7 Å². The molecule has 1 saturated heterocycles. The number of benzene rings is 1. The third-order valence-corrected chi connectivity index (χ3v) is 3.98. The summed E-state index contributed by atoms with van der Waals surface area (Å²) in [6, 6.07) is 9.79. The number of rotatable bonds is 4. The number of likely N-dealkylation sites (tertiary alicyclic amines) is 1. The van der Waals surface area contributed by atoms with Gasteiger partial charge in [0, 0.05) is 11.8 Å². The van der Waals surface area contributed by atoms with E-state index in [0.29, 0.717) is 35.1 Å². The second kappa shape index (κ2) is 6.88. The lowest BCUT2D eigenvalue weighted by molar-refractivity contribution is 0.0160. The molecule has 1 aliphatic rings. The van der Waals surface area contributed by atoms with Crippen molar-refractivity contribution in [2.45, 2.75) is 6.10 Å². The van der Waals surface area contributed by atoms with Crippen LogP contribution in [0.5, 0.6) is 5.88 Å². The van der Waals surface area contributed by atoms with E-state index in [9.17, 15) is 9.59 Å². The van der Waals surface area contributed by atoms with Gasteiger partial charge in [-0.2, -0.15) is 0 Å². The summed E-state index contributed by atoms with van der Waals surface area (Å²) in [5.74, 6) is -0.171. The number of amides is 1. The van der Waals surface area contributed by atoms with E-state index in [1.54, 1.807) is 47.5 Å². The van der Waals surface area contributed by atoms with Crippen molar-refractivity contribution in [1.29, 1.82) is 0 Å². The average Bonchev–Trinajstić information content (AvgIpc) is 2.58. The average molecular weight is 347 g/mol. The van der Waals surface area contributed by atoms with E-state index < -0.39 is 5.97 Å². The van der Waals surface area contributed by atoms with Gasteiger partial charge < -0.3 is 14.4 Å². The second-order valence-electron chi connectivity index (χ2n) is 5.31. The molecule has 3 rings (SSSR count). The Morgan fingerprint density at radius 2 is 1.83 bits per heavy atom. The van der Waals surface area contributed by atoms with Crippen molar-refractivity contribution in [1.82, 2.24) is 9.88 Å². The molecule has 124 valence electrons. The van der Waals surface area contributed by atoms with Gasteiger partial charge in [0.25, 0.3) is 5.91 Å². The van der Waals surface area contributed by atoms with Gasteiger partial charge in [-0.15, -0.1) is 0 Å². The Balaban J connectivity index is 1.56. The number of carbonyl (C=O) groups is 2. The van der Waals surface area contributed by atoms with E-state index in [4.69, 9.17) is 16.3 Å². The van der Waals surface area contributed by atoms with E-state index in [-0.39, 0.29) is 12.0 Å². The van der Waals surface area contributed by atoms with Crippen LogP contribution in [0.3, 0.4) is 0 Å². The largest absolute Gasteiger partial charge is 0.470 e. The summed E-state index contributed by atoms with van der Waals surface area (Å²) >= 11 is 5.99. The summed E-state index contributed by atoms with van der Waals surface area (Å²) in [5, 5.41) is 0.445. The zero-order valence-corrected chi connectivity index (χ0v) is 13.7. The van der Waals surface area contributed by atoms with Crippen LogP contribution in [0.15, 0.2) is 42.6 Å². The van der Waals surface area contributed by atoms with Gasteiger partial charge in [0.2, 0.25) is 5.88 Å². The predicted octanol–water partition coefficient (Wildman–Crippen LogP) is 2.43. The minimum Gasteiger partial charge on any atom is -0.470 e. The molecule has 0 atom stereocenters. The number of hydrogen-bond donors (Lipinski definition) is 0. The van der Waals surface area contributed by atoms with Crippen LogP contribution in [0, 0.1) is 0 Å². The first-order valence-electron chi connectivity index (χ1n) is 7.33. The third-order valence-electron chi connectivity index (χ3n) is 3.69. The van der Waals surface area contributed by atoms with Gasteiger partial charge in [-0.1, -0.05) is 11.6 Å². The summed E-state index contributed by atoms with van der Waals surface area (Å²) in [6.07, 6.45) is 1.47. The van der Waals surface area contributed by atoms with Gasteiger partial charge >= 0.3 is 5.97 Å². The molecule has 0 aliphatic carbocycles. The molecule has 0 spiro atoms. The number of methoxy groups -OCH3 is 1. The maximum atomic E-state index is 12.4. The summed E-state index contributed by atoms with van der Waals surface area (Å²) in [6.45, 7) is 0.926. The SMILES string of the molecule is COC(=O)c1ccc(C(=O)N2CC(Oc3ncccc3Cl)C2)cc1. The first-order valence-corrected chi connectivity index (χ1v) is 7.71. The normalized spacial score (nSPS) is 14.0. The van der Waals surface area contributed by atoms with E-state index >= 15 is 0 Å². The fourth-order valence-corrected chi connectivity index (χ4v) is 2.51. The van der Waals surface area contributed by atoms with Crippen molar-refractivity contribution in [3.63, 3.8) is 0 Å². The minimum absolute atomic E-state index is 0.113. The van der Waals surface area contributed by atoms with E-state index in [2.05, 4.69) is 9.72 Å². The molecule has 1 aromatic heterocycles. The van der Waals surface area contributed by atoms with Gasteiger partial charge in [-0.3, -0.25) is 4.79 Å². The summed E-state index contributed by atoms with van der Waals surface area (Å²) in [4.78, 5) is 29.5. The number of carbonyl (C=O) groups excluding carboxylic acids is 2. The molecule has 1 aromatic carbocycles. The highest BCUT2D eigenvalue weighted by atomic mass is 35.5. The quantitative estimate of drug-likeness (QED) is 0.795. The molecule has 2 aromatic rings. The Labute approximate surface area is 144 Å². The monoisotopic (exact) mass is 346 g/mol. The van der Waals surface area contributed by atoms with Crippen molar-refractivity contribution in [2.75, 3.05) is 20.2 Å². The van der Waals surface area contributed by atoms with Gasteiger partial charge in [-0.25, -0.2) is 9.78 Å². The zero-order valence-electron chi connectivity index (χ0n) is 12.9. The highest BCUT2D eigenvalue weighted by Gasteiger charge is 2.33. The second-order valence-corrected chi connectivity index (χ2v) is 5.72. The molecule has 1 aliphatic heterocycles. The van der Waals surface area contributed by atoms with E-state index in [1.807, 2.05) is 0 Å². The molecule has 1 amide bonds. The Morgan fingerprint density at radius 3 is 2.46 bits per heavy atom.